The molecule has 0 bridgehead atoms. The van der Waals surface area contributed by atoms with E-state index in [-0.39, 0.29) is 5.75 Å². The highest BCUT2D eigenvalue weighted by atomic mass is 35.5. The van der Waals surface area contributed by atoms with Gasteiger partial charge in [0.05, 0.1) is 7.11 Å². The number of aromatic hydroxyl groups is 1. The van der Waals surface area contributed by atoms with Gasteiger partial charge in [-0.25, -0.2) is 0 Å². The van der Waals surface area contributed by atoms with Crippen LogP contribution >= 0.6 is 11.6 Å². The van der Waals surface area contributed by atoms with Gasteiger partial charge in [0.25, 0.3) is 0 Å². The Labute approximate surface area is 105 Å². The first-order valence-electron chi connectivity index (χ1n) is 5.25. The van der Waals surface area contributed by atoms with Crippen molar-refractivity contribution in [3.63, 3.8) is 0 Å². The van der Waals surface area contributed by atoms with Gasteiger partial charge in [-0.05, 0) is 42.3 Å². The molecule has 3 heteroatoms. The molecule has 0 saturated carbocycles. The third-order valence-electron chi connectivity index (χ3n) is 2.69. The Hall–Kier alpha value is -1.67. The van der Waals surface area contributed by atoms with Crippen molar-refractivity contribution in [2.45, 2.75) is 6.92 Å². The highest BCUT2D eigenvalue weighted by Gasteiger charge is 2.07. The third kappa shape index (κ3) is 2.37. The number of phenols is 1. The smallest absolute Gasteiger partial charge is 0.123 e. The minimum Gasteiger partial charge on any atom is -0.507 e. The number of halogens is 1. The molecule has 0 spiro atoms. The van der Waals surface area contributed by atoms with E-state index in [1.807, 2.05) is 25.1 Å². The summed E-state index contributed by atoms with van der Waals surface area (Å²) in [5.74, 6) is 0.917. The van der Waals surface area contributed by atoms with Crippen molar-refractivity contribution in [3.8, 4) is 22.6 Å². The van der Waals surface area contributed by atoms with Crippen molar-refractivity contribution in [3.05, 3.63) is 47.0 Å². The zero-order valence-electron chi connectivity index (χ0n) is 9.70. The van der Waals surface area contributed by atoms with Crippen molar-refractivity contribution in [1.29, 1.82) is 0 Å². The molecule has 17 heavy (non-hydrogen) atoms. The number of phenolic OH excluding ortho intramolecular Hbond substituents is 1. The maximum atomic E-state index is 9.85. The molecule has 2 rings (SSSR count). The summed E-state index contributed by atoms with van der Waals surface area (Å²) >= 11 is 6.08. The van der Waals surface area contributed by atoms with Crippen LogP contribution in [-0.4, -0.2) is 12.2 Å². The second kappa shape index (κ2) is 4.68. The van der Waals surface area contributed by atoms with E-state index in [1.54, 1.807) is 25.3 Å². The van der Waals surface area contributed by atoms with Gasteiger partial charge >= 0.3 is 0 Å². The molecule has 88 valence electrons. The Kier molecular flexibility index (Phi) is 3.25. The first kappa shape index (κ1) is 11.8. The number of methoxy groups -OCH3 is 1. The second-order valence-electron chi connectivity index (χ2n) is 3.85. The maximum absolute atomic E-state index is 9.85. The Morgan fingerprint density at radius 1 is 1.12 bits per heavy atom. The van der Waals surface area contributed by atoms with E-state index >= 15 is 0 Å². The number of hydrogen-bond donors (Lipinski definition) is 1. The van der Waals surface area contributed by atoms with Crippen molar-refractivity contribution >= 4 is 11.6 Å². The molecular formula is C14H13ClO2. The van der Waals surface area contributed by atoms with Crippen LogP contribution in [0, 0.1) is 6.92 Å². The maximum Gasteiger partial charge on any atom is 0.123 e. The lowest BCUT2D eigenvalue weighted by Crippen LogP contribution is -1.85. The SMILES string of the molecule is COc1ccc(O)c(-c2ccc(C)c(Cl)c2)c1. The molecule has 0 amide bonds. The lowest BCUT2D eigenvalue weighted by atomic mass is 10.0. The molecule has 0 atom stereocenters. The summed E-state index contributed by atoms with van der Waals surface area (Å²) in [6, 6.07) is 10.8. The number of benzene rings is 2. The van der Waals surface area contributed by atoms with E-state index in [1.165, 1.54) is 0 Å². The van der Waals surface area contributed by atoms with Crippen LogP contribution in [0.25, 0.3) is 11.1 Å². The highest BCUT2D eigenvalue weighted by molar-refractivity contribution is 6.31. The van der Waals surface area contributed by atoms with Crippen LogP contribution in [0.15, 0.2) is 36.4 Å². The van der Waals surface area contributed by atoms with E-state index in [2.05, 4.69) is 0 Å². The Morgan fingerprint density at radius 2 is 1.88 bits per heavy atom. The molecule has 2 nitrogen and oxygen atoms in total. The van der Waals surface area contributed by atoms with Gasteiger partial charge in [0.1, 0.15) is 11.5 Å². The number of ether oxygens (including phenoxy) is 1. The van der Waals surface area contributed by atoms with Crippen molar-refractivity contribution in [2.24, 2.45) is 0 Å². The van der Waals surface area contributed by atoms with E-state index in [9.17, 15) is 5.11 Å². The van der Waals surface area contributed by atoms with Crippen LogP contribution in [0.2, 0.25) is 5.02 Å². The summed E-state index contributed by atoms with van der Waals surface area (Å²) in [6.45, 7) is 1.94. The van der Waals surface area contributed by atoms with Crippen molar-refractivity contribution < 1.29 is 9.84 Å². The fraction of sp³-hybridized carbons (Fsp3) is 0.143. The first-order valence-corrected chi connectivity index (χ1v) is 5.63. The molecule has 2 aromatic rings. The standard InChI is InChI=1S/C14H13ClO2/c1-9-3-4-10(7-13(9)15)12-8-11(17-2)5-6-14(12)16/h3-8,16H,1-2H3. The van der Waals surface area contributed by atoms with Gasteiger partial charge in [-0.15, -0.1) is 0 Å². The quantitative estimate of drug-likeness (QED) is 0.870. The number of rotatable bonds is 2. The summed E-state index contributed by atoms with van der Waals surface area (Å²) in [6.07, 6.45) is 0. The monoisotopic (exact) mass is 248 g/mol. The van der Waals surface area contributed by atoms with Crippen LogP contribution < -0.4 is 4.74 Å². The predicted molar refractivity (Wildman–Crippen MR) is 69.8 cm³/mol. The number of aryl methyl sites for hydroxylation is 1. The molecule has 0 saturated heterocycles. The lowest BCUT2D eigenvalue weighted by molar-refractivity contribution is 0.412. The van der Waals surface area contributed by atoms with Crippen LogP contribution in [0.5, 0.6) is 11.5 Å². The molecule has 0 heterocycles. The molecular weight excluding hydrogens is 236 g/mol. The lowest BCUT2D eigenvalue weighted by Gasteiger charge is -2.08. The average Bonchev–Trinajstić information content (AvgIpc) is 2.33. The molecule has 0 aromatic heterocycles. The minimum atomic E-state index is 0.214. The summed E-state index contributed by atoms with van der Waals surface area (Å²) in [5, 5.41) is 10.5. The largest absolute Gasteiger partial charge is 0.507 e. The van der Waals surface area contributed by atoms with Crippen LogP contribution in [0.4, 0.5) is 0 Å². The normalized spacial score (nSPS) is 10.3. The van der Waals surface area contributed by atoms with Crippen LogP contribution in [0.1, 0.15) is 5.56 Å². The first-order chi connectivity index (χ1) is 8.11. The van der Waals surface area contributed by atoms with E-state index in [0.29, 0.717) is 16.3 Å². The van der Waals surface area contributed by atoms with Crippen molar-refractivity contribution in [2.75, 3.05) is 7.11 Å². The third-order valence-corrected chi connectivity index (χ3v) is 3.09. The van der Waals surface area contributed by atoms with Gasteiger partial charge in [-0.2, -0.15) is 0 Å². The summed E-state index contributed by atoms with van der Waals surface area (Å²) in [7, 11) is 1.60. The van der Waals surface area contributed by atoms with Gasteiger partial charge < -0.3 is 9.84 Å². The molecule has 1 N–H and O–H groups in total. The van der Waals surface area contributed by atoms with Crippen LogP contribution in [0.3, 0.4) is 0 Å². The Morgan fingerprint density at radius 3 is 2.53 bits per heavy atom. The van der Waals surface area contributed by atoms with Crippen LogP contribution in [-0.2, 0) is 0 Å². The molecule has 0 fully saturated rings. The van der Waals surface area contributed by atoms with Gasteiger partial charge in [0.2, 0.25) is 0 Å². The highest BCUT2D eigenvalue weighted by Crippen LogP contribution is 2.34. The van der Waals surface area contributed by atoms with Gasteiger partial charge in [-0.1, -0.05) is 23.7 Å². The fourth-order valence-corrected chi connectivity index (χ4v) is 1.81. The molecule has 0 aliphatic heterocycles. The zero-order chi connectivity index (χ0) is 12.4. The molecule has 0 aliphatic carbocycles. The van der Waals surface area contributed by atoms with E-state index in [0.717, 1.165) is 11.1 Å². The van der Waals surface area contributed by atoms with E-state index in [4.69, 9.17) is 16.3 Å². The topological polar surface area (TPSA) is 29.5 Å². The number of hydrogen-bond acceptors (Lipinski definition) is 2. The molecule has 0 radical (unpaired) electrons. The zero-order valence-corrected chi connectivity index (χ0v) is 10.5. The fourth-order valence-electron chi connectivity index (χ4n) is 1.63. The molecule has 0 unspecified atom stereocenters. The second-order valence-corrected chi connectivity index (χ2v) is 4.25. The summed E-state index contributed by atoms with van der Waals surface area (Å²) < 4.78 is 5.14. The molecule has 2 aromatic carbocycles. The van der Waals surface area contributed by atoms with Crippen molar-refractivity contribution in [1.82, 2.24) is 0 Å². The van der Waals surface area contributed by atoms with E-state index < -0.39 is 0 Å². The van der Waals surface area contributed by atoms with Gasteiger partial charge in [0, 0.05) is 10.6 Å². The average molecular weight is 249 g/mol. The summed E-state index contributed by atoms with van der Waals surface area (Å²) in [4.78, 5) is 0. The Bertz CT molecular complexity index is 550. The van der Waals surface area contributed by atoms with Gasteiger partial charge in [0.15, 0.2) is 0 Å². The Balaban J connectivity index is 2.55. The summed E-state index contributed by atoms with van der Waals surface area (Å²) in [5.41, 5.74) is 2.60. The molecule has 0 aliphatic rings. The van der Waals surface area contributed by atoms with Gasteiger partial charge in [-0.3, -0.25) is 0 Å². The predicted octanol–water partition coefficient (Wildman–Crippen LogP) is 4.03. The minimum absolute atomic E-state index is 0.214.